The molecule has 208 valence electrons. The average molecular weight is 605 g/mol. The number of aryl methyl sites for hydroxylation is 2. The van der Waals surface area contributed by atoms with E-state index in [1.165, 1.54) is 17.8 Å². The maximum absolute atomic E-state index is 13.3. The van der Waals surface area contributed by atoms with Gasteiger partial charge in [0.1, 0.15) is 5.70 Å². The molecule has 3 N–H and O–H groups in total. The summed E-state index contributed by atoms with van der Waals surface area (Å²) in [6.45, 7) is 3.97. The molecule has 4 aromatic rings. The summed E-state index contributed by atoms with van der Waals surface area (Å²) in [7, 11) is 0. The highest BCUT2D eigenvalue weighted by atomic mass is 35.5. The monoisotopic (exact) mass is 603 g/mol. The number of thioether (sulfide) groups is 1. The van der Waals surface area contributed by atoms with Crippen molar-refractivity contribution in [2.75, 3.05) is 16.4 Å². The summed E-state index contributed by atoms with van der Waals surface area (Å²) in [6.07, 6.45) is 1.44. The molecule has 0 aliphatic carbocycles. The second-order valence-corrected chi connectivity index (χ2v) is 11.1. The lowest BCUT2D eigenvalue weighted by molar-refractivity contribution is -0.114. The summed E-state index contributed by atoms with van der Waals surface area (Å²) in [4.78, 5) is 39.4. The van der Waals surface area contributed by atoms with Crippen molar-refractivity contribution in [3.63, 3.8) is 0 Å². The molecule has 0 heterocycles. The van der Waals surface area contributed by atoms with Crippen LogP contribution in [0.1, 0.15) is 27.0 Å². The highest BCUT2D eigenvalue weighted by Gasteiger charge is 2.17. The van der Waals surface area contributed by atoms with Gasteiger partial charge in [-0.1, -0.05) is 53.5 Å². The van der Waals surface area contributed by atoms with E-state index in [9.17, 15) is 14.4 Å². The molecule has 0 unspecified atom stereocenters. The van der Waals surface area contributed by atoms with E-state index in [2.05, 4.69) is 16.0 Å². The number of amides is 3. The van der Waals surface area contributed by atoms with Crippen molar-refractivity contribution >= 4 is 70.1 Å². The van der Waals surface area contributed by atoms with E-state index in [0.717, 1.165) is 21.7 Å². The predicted molar refractivity (Wildman–Crippen MR) is 169 cm³/mol. The van der Waals surface area contributed by atoms with E-state index < -0.39 is 11.8 Å². The second kappa shape index (κ2) is 14.0. The topological polar surface area (TPSA) is 87.3 Å². The summed E-state index contributed by atoms with van der Waals surface area (Å²) < 4.78 is 0. The quantitative estimate of drug-likeness (QED) is 0.135. The molecule has 0 fully saturated rings. The van der Waals surface area contributed by atoms with Crippen molar-refractivity contribution in [2.24, 2.45) is 0 Å². The van der Waals surface area contributed by atoms with Crippen molar-refractivity contribution in [1.82, 2.24) is 5.32 Å². The minimum atomic E-state index is -0.557. The zero-order valence-corrected chi connectivity index (χ0v) is 24.7. The molecule has 0 aromatic heterocycles. The number of nitrogens with one attached hydrogen (secondary N) is 3. The van der Waals surface area contributed by atoms with Gasteiger partial charge >= 0.3 is 0 Å². The van der Waals surface area contributed by atoms with Crippen molar-refractivity contribution in [1.29, 1.82) is 0 Å². The summed E-state index contributed by atoms with van der Waals surface area (Å²) in [5.74, 6) is -0.894. The molecule has 4 rings (SSSR count). The van der Waals surface area contributed by atoms with Gasteiger partial charge in [0.2, 0.25) is 5.91 Å². The van der Waals surface area contributed by atoms with E-state index in [1.807, 2.05) is 32.0 Å². The fourth-order valence-corrected chi connectivity index (χ4v) is 5.17. The molecule has 0 aliphatic heterocycles. The second-order valence-electron chi connectivity index (χ2n) is 9.21. The smallest absolute Gasteiger partial charge is 0.272 e. The molecule has 0 atom stereocenters. The Balaban J connectivity index is 1.43. The third kappa shape index (κ3) is 8.72. The molecule has 4 aromatic carbocycles. The fraction of sp³-hybridized carbons (Fsp3) is 0.0938. The highest BCUT2D eigenvalue weighted by Crippen LogP contribution is 2.27. The third-order valence-corrected chi connectivity index (χ3v) is 7.48. The van der Waals surface area contributed by atoms with Crippen LogP contribution in [0.4, 0.5) is 11.4 Å². The number of halogens is 2. The van der Waals surface area contributed by atoms with E-state index in [4.69, 9.17) is 23.2 Å². The number of rotatable bonds is 9. The molecule has 0 spiro atoms. The molecule has 0 saturated heterocycles. The Bertz CT molecular complexity index is 1570. The predicted octanol–water partition coefficient (Wildman–Crippen LogP) is 7.75. The molecule has 0 radical (unpaired) electrons. The first kappa shape index (κ1) is 29.9. The number of hydrogen-bond acceptors (Lipinski definition) is 4. The van der Waals surface area contributed by atoms with Crippen LogP contribution in [-0.4, -0.2) is 23.5 Å². The Hall–Kier alpha value is -4.04. The maximum Gasteiger partial charge on any atom is 0.272 e. The van der Waals surface area contributed by atoms with Gasteiger partial charge in [0, 0.05) is 37.4 Å². The normalized spacial score (nSPS) is 11.1. The van der Waals surface area contributed by atoms with Crippen LogP contribution >= 0.6 is 35.0 Å². The minimum absolute atomic E-state index is 0.0321. The van der Waals surface area contributed by atoms with E-state index in [1.54, 1.807) is 72.8 Å². The Morgan fingerprint density at radius 3 is 2.02 bits per heavy atom. The molecule has 6 nitrogen and oxygen atoms in total. The first-order valence-corrected chi connectivity index (χ1v) is 14.4. The molecule has 0 aliphatic rings. The molecule has 9 heteroatoms. The van der Waals surface area contributed by atoms with Crippen LogP contribution in [0.5, 0.6) is 0 Å². The zero-order chi connectivity index (χ0) is 29.4. The van der Waals surface area contributed by atoms with Crippen molar-refractivity contribution in [3.05, 3.63) is 129 Å². The number of hydrogen-bond donors (Lipinski definition) is 3. The first-order valence-electron chi connectivity index (χ1n) is 12.6. The minimum Gasteiger partial charge on any atom is -0.325 e. The van der Waals surface area contributed by atoms with Gasteiger partial charge in [0.15, 0.2) is 0 Å². The number of benzene rings is 4. The summed E-state index contributed by atoms with van der Waals surface area (Å²) in [5, 5.41) is 9.06. The lowest BCUT2D eigenvalue weighted by Crippen LogP contribution is -2.30. The van der Waals surface area contributed by atoms with Crippen LogP contribution in [0.15, 0.2) is 102 Å². The SMILES string of the molecule is Cc1cc(C)cc(NC(=O)CSc2ccc(NC(=O)/C(=C/c3c(Cl)cccc3Cl)NC(=O)c3ccccc3)cc2)c1. The van der Waals surface area contributed by atoms with Gasteiger partial charge in [0.25, 0.3) is 11.8 Å². The van der Waals surface area contributed by atoms with Gasteiger partial charge in [-0.15, -0.1) is 11.8 Å². The number of carbonyl (C=O) groups excluding carboxylic acids is 3. The van der Waals surface area contributed by atoms with Gasteiger partial charge < -0.3 is 16.0 Å². The maximum atomic E-state index is 13.3. The molecule has 0 saturated carbocycles. The first-order chi connectivity index (χ1) is 19.7. The molecular formula is C32H27Cl2N3O3S. The molecular weight excluding hydrogens is 577 g/mol. The Labute approximate surface area is 253 Å². The summed E-state index contributed by atoms with van der Waals surface area (Å²) in [6, 6.07) is 26.5. The van der Waals surface area contributed by atoms with Crippen molar-refractivity contribution in [3.8, 4) is 0 Å². The van der Waals surface area contributed by atoms with E-state index in [0.29, 0.717) is 26.9 Å². The van der Waals surface area contributed by atoms with E-state index in [-0.39, 0.29) is 17.4 Å². The van der Waals surface area contributed by atoms with Crippen LogP contribution in [-0.2, 0) is 9.59 Å². The van der Waals surface area contributed by atoms with Crippen LogP contribution in [0.3, 0.4) is 0 Å². The molecule has 0 bridgehead atoms. The van der Waals surface area contributed by atoms with Gasteiger partial charge in [-0.3, -0.25) is 14.4 Å². The standard InChI is InChI=1S/C32H27Cl2N3O3S/c1-20-15-21(2)17-24(16-20)35-30(38)19-41-25-13-11-23(12-14-25)36-32(40)29(18-26-27(33)9-6-10-28(26)34)37-31(39)22-7-4-3-5-8-22/h3-18H,19H2,1-2H3,(H,35,38)(H,36,40)(H,37,39)/b29-18-. The Morgan fingerprint density at radius 1 is 0.756 bits per heavy atom. The van der Waals surface area contributed by atoms with Gasteiger partial charge in [-0.2, -0.15) is 0 Å². The molecule has 41 heavy (non-hydrogen) atoms. The van der Waals surface area contributed by atoms with Gasteiger partial charge in [-0.25, -0.2) is 0 Å². The van der Waals surface area contributed by atoms with Gasteiger partial charge in [0.05, 0.1) is 5.75 Å². The highest BCUT2D eigenvalue weighted by molar-refractivity contribution is 8.00. The summed E-state index contributed by atoms with van der Waals surface area (Å²) in [5.41, 5.74) is 4.20. The van der Waals surface area contributed by atoms with Crippen LogP contribution in [0, 0.1) is 13.8 Å². The third-order valence-electron chi connectivity index (χ3n) is 5.80. The largest absolute Gasteiger partial charge is 0.325 e. The lowest BCUT2D eigenvalue weighted by Gasteiger charge is -2.13. The fourth-order valence-electron chi connectivity index (χ4n) is 3.96. The average Bonchev–Trinajstić information content (AvgIpc) is 2.94. The van der Waals surface area contributed by atoms with Crippen LogP contribution in [0.2, 0.25) is 10.0 Å². The zero-order valence-electron chi connectivity index (χ0n) is 22.3. The molecule has 3 amide bonds. The summed E-state index contributed by atoms with van der Waals surface area (Å²) >= 11 is 14.0. The lowest BCUT2D eigenvalue weighted by atomic mass is 10.1. The Morgan fingerprint density at radius 2 is 1.39 bits per heavy atom. The van der Waals surface area contributed by atoms with Gasteiger partial charge in [-0.05, 0) is 91.7 Å². The van der Waals surface area contributed by atoms with Crippen molar-refractivity contribution in [2.45, 2.75) is 18.7 Å². The van der Waals surface area contributed by atoms with Crippen LogP contribution in [0.25, 0.3) is 6.08 Å². The number of carbonyl (C=O) groups is 3. The van der Waals surface area contributed by atoms with E-state index >= 15 is 0 Å². The van der Waals surface area contributed by atoms with Crippen LogP contribution < -0.4 is 16.0 Å². The van der Waals surface area contributed by atoms with Crippen molar-refractivity contribution < 1.29 is 14.4 Å². The number of anilines is 2. The Kier molecular flexibility index (Phi) is 10.2.